The molecule has 0 aliphatic heterocycles. The van der Waals surface area contributed by atoms with Crippen LogP contribution in [0.15, 0.2) is 34.9 Å². The van der Waals surface area contributed by atoms with Crippen LogP contribution in [0.5, 0.6) is 0 Å². The topological polar surface area (TPSA) is 42.7 Å². The zero-order valence-electron chi connectivity index (χ0n) is 9.01. The number of aromatic nitrogens is 3. The Morgan fingerprint density at radius 2 is 2.24 bits per heavy atom. The van der Waals surface area contributed by atoms with Gasteiger partial charge in [0, 0.05) is 23.8 Å². The molecule has 0 aliphatic rings. The molecule has 1 N–H and O–H groups in total. The van der Waals surface area contributed by atoms with Crippen LogP contribution in [-0.4, -0.2) is 14.8 Å². The van der Waals surface area contributed by atoms with E-state index >= 15 is 0 Å². The molecule has 0 radical (unpaired) electrons. The van der Waals surface area contributed by atoms with Gasteiger partial charge >= 0.3 is 0 Å². The van der Waals surface area contributed by atoms with Crippen LogP contribution < -0.4 is 5.32 Å². The van der Waals surface area contributed by atoms with E-state index in [1.54, 1.807) is 16.0 Å². The first kappa shape index (κ1) is 10.7. The molecule has 0 saturated heterocycles. The molecular weight excluding hydrogens is 300 g/mol. The molecule has 4 nitrogen and oxygen atoms in total. The number of fused-ring (bicyclic) bond motifs is 1. The summed E-state index contributed by atoms with van der Waals surface area (Å²) in [5.41, 5.74) is 0.989. The minimum atomic E-state index is 0.811. The van der Waals surface area contributed by atoms with Gasteiger partial charge in [0.15, 0.2) is 10.9 Å². The molecule has 0 saturated carbocycles. The molecular formula is C11H9BrN4S. The number of aryl methyl sites for hydroxylation is 1. The van der Waals surface area contributed by atoms with Crippen LogP contribution in [0.1, 0.15) is 0 Å². The minimum absolute atomic E-state index is 0.811. The molecule has 0 unspecified atom stereocenters. The second kappa shape index (κ2) is 4.12. The van der Waals surface area contributed by atoms with Gasteiger partial charge in [-0.2, -0.15) is 5.10 Å². The summed E-state index contributed by atoms with van der Waals surface area (Å²) in [6, 6.07) is 8.00. The molecule has 3 aromatic rings. The van der Waals surface area contributed by atoms with Crippen molar-refractivity contribution < 1.29 is 0 Å². The lowest BCUT2D eigenvalue weighted by molar-refractivity contribution is 0.771. The number of nitrogens with zero attached hydrogens (tertiary/aromatic N) is 3. The summed E-state index contributed by atoms with van der Waals surface area (Å²) in [4.78, 5) is 4.51. The Balaban J connectivity index is 1.95. The van der Waals surface area contributed by atoms with Gasteiger partial charge in [0.05, 0.1) is 10.2 Å². The summed E-state index contributed by atoms with van der Waals surface area (Å²) in [5, 5.41) is 8.31. The van der Waals surface area contributed by atoms with Gasteiger partial charge in [0.1, 0.15) is 0 Å². The highest BCUT2D eigenvalue weighted by Crippen LogP contribution is 2.29. The number of nitrogens with one attached hydrogen (secondary N) is 1. The molecule has 0 aliphatic carbocycles. The van der Waals surface area contributed by atoms with E-state index in [-0.39, 0.29) is 0 Å². The van der Waals surface area contributed by atoms with Crippen LogP contribution in [-0.2, 0) is 7.05 Å². The number of hydrogen-bond acceptors (Lipinski definition) is 4. The average molecular weight is 309 g/mol. The zero-order chi connectivity index (χ0) is 11.8. The molecule has 86 valence electrons. The highest BCUT2D eigenvalue weighted by atomic mass is 79.9. The Kier molecular flexibility index (Phi) is 2.60. The van der Waals surface area contributed by atoms with Crippen LogP contribution in [0.4, 0.5) is 10.9 Å². The van der Waals surface area contributed by atoms with E-state index in [1.165, 1.54) is 0 Å². The fraction of sp³-hybridized carbons (Fsp3) is 0.0909. The monoisotopic (exact) mass is 308 g/mol. The summed E-state index contributed by atoms with van der Waals surface area (Å²) in [5.74, 6) is 0.811. The molecule has 0 fully saturated rings. The van der Waals surface area contributed by atoms with E-state index in [1.807, 2.05) is 31.4 Å². The van der Waals surface area contributed by atoms with Crippen molar-refractivity contribution in [2.24, 2.45) is 7.05 Å². The van der Waals surface area contributed by atoms with Gasteiger partial charge in [0.2, 0.25) is 0 Å². The van der Waals surface area contributed by atoms with Crippen molar-refractivity contribution in [1.29, 1.82) is 0 Å². The van der Waals surface area contributed by atoms with Crippen molar-refractivity contribution in [3.63, 3.8) is 0 Å². The fourth-order valence-electron chi connectivity index (χ4n) is 1.55. The predicted octanol–water partition coefficient (Wildman–Crippen LogP) is 3.54. The normalized spacial score (nSPS) is 10.9. The molecule has 0 bridgehead atoms. The highest BCUT2D eigenvalue weighted by Gasteiger charge is 2.05. The van der Waals surface area contributed by atoms with Crippen LogP contribution in [0.25, 0.3) is 10.2 Å². The molecule has 6 heteroatoms. The van der Waals surface area contributed by atoms with Gasteiger partial charge in [-0.1, -0.05) is 27.3 Å². The SMILES string of the molecule is Cn1ccc(Nc2nc3cc(Br)ccc3s2)n1. The quantitative estimate of drug-likeness (QED) is 0.787. The predicted molar refractivity (Wildman–Crippen MR) is 73.8 cm³/mol. The fourth-order valence-corrected chi connectivity index (χ4v) is 2.75. The second-order valence-electron chi connectivity index (χ2n) is 3.63. The third-order valence-electron chi connectivity index (χ3n) is 2.30. The average Bonchev–Trinajstić information content (AvgIpc) is 2.84. The maximum absolute atomic E-state index is 4.51. The Labute approximate surface area is 110 Å². The first-order chi connectivity index (χ1) is 8.20. The number of rotatable bonds is 2. The molecule has 17 heavy (non-hydrogen) atoms. The third-order valence-corrected chi connectivity index (χ3v) is 3.74. The molecule has 0 spiro atoms. The smallest absolute Gasteiger partial charge is 0.189 e. The van der Waals surface area contributed by atoms with E-state index in [0.29, 0.717) is 0 Å². The molecule has 2 heterocycles. The maximum atomic E-state index is 4.51. The largest absolute Gasteiger partial charge is 0.315 e. The molecule has 0 amide bonds. The van der Waals surface area contributed by atoms with Gasteiger partial charge in [-0.05, 0) is 18.2 Å². The Bertz CT molecular complexity index is 673. The molecule has 1 aromatic carbocycles. The number of thiazole rings is 1. The first-order valence-electron chi connectivity index (χ1n) is 5.03. The summed E-state index contributed by atoms with van der Waals surface area (Å²) in [7, 11) is 1.89. The van der Waals surface area contributed by atoms with E-state index in [0.717, 1.165) is 25.6 Å². The summed E-state index contributed by atoms with van der Waals surface area (Å²) < 4.78 is 3.96. The van der Waals surface area contributed by atoms with Crippen molar-refractivity contribution in [3.05, 3.63) is 34.9 Å². The van der Waals surface area contributed by atoms with Gasteiger partial charge < -0.3 is 5.32 Å². The van der Waals surface area contributed by atoms with Crippen molar-refractivity contribution in [2.45, 2.75) is 0 Å². The molecule has 2 aromatic heterocycles. The Morgan fingerprint density at radius 3 is 3.00 bits per heavy atom. The number of anilines is 2. The van der Waals surface area contributed by atoms with Gasteiger partial charge in [-0.25, -0.2) is 4.98 Å². The van der Waals surface area contributed by atoms with Crippen LogP contribution in [0, 0.1) is 0 Å². The van der Waals surface area contributed by atoms with Crippen molar-refractivity contribution in [1.82, 2.24) is 14.8 Å². The highest BCUT2D eigenvalue weighted by molar-refractivity contribution is 9.10. The van der Waals surface area contributed by atoms with Crippen molar-refractivity contribution >= 4 is 48.4 Å². The number of hydrogen-bond donors (Lipinski definition) is 1. The van der Waals surface area contributed by atoms with E-state index in [9.17, 15) is 0 Å². The van der Waals surface area contributed by atoms with Crippen LogP contribution in [0.2, 0.25) is 0 Å². The first-order valence-corrected chi connectivity index (χ1v) is 6.64. The zero-order valence-corrected chi connectivity index (χ0v) is 11.4. The second-order valence-corrected chi connectivity index (χ2v) is 5.58. The molecule has 0 atom stereocenters. The minimum Gasteiger partial charge on any atom is -0.315 e. The third kappa shape index (κ3) is 2.18. The van der Waals surface area contributed by atoms with Crippen LogP contribution >= 0.6 is 27.3 Å². The summed E-state index contributed by atoms with van der Waals surface area (Å²) in [6.07, 6.45) is 1.90. The standard InChI is InChI=1S/C11H9BrN4S/c1-16-5-4-10(15-16)14-11-13-8-6-7(12)2-3-9(8)17-11/h2-6H,1H3,(H,13,14,15). The lowest BCUT2D eigenvalue weighted by atomic mass is 10.3. The summed E-state index contributed by atoms with van der Waals surface area (Å²) >= 11 is 5.06. The van der Waals surface area contributed by atoms with Gasteiger partial charge in [-0.15, -0.1) is 0 Å². The van der Waals surface area contributed by atoms with E-state index < -0.39 is 0 Å². The number of benzene rings is 1. The Hall–Kier alpha value is -1.40. The lowest BCUT2D eigenvalue weighted by Gasteiger charge is -1.94. The van der Waals surface area contributed by atoms with Gasteiger partial charge in [0.25, 0.3) is 0 Å². The Morgan fingerprint density at radius 1 is 1.35 bits per heavy atom. The lowest BCUT2D eigenvalue weighted by Crippen LogP contribution is -1.92. The van der Waals surface area contributed by atoms with Crippen molar-refractivity contribution in [2.75, 3.05) is 5.32 Å². The molecule has 3 rings (SSSR count). The van der Waals surface area contributed by atoms with Gasteiger partial charge in [-0.3, -0.25) is 4.68 Å². The van der Waals surface area contributed by atoms with E-state index in [2.05, 4.69) is 37.4 Å². The van der Waals surface area contributed by atoms with E-state index in [4.69, 9.17) is 0 Å². The number of halogens is 1. The summed E-state index contributed by atoms with van der Waals surface area (Å²) in [6.45, 7) is 0. The maximum Gasteiger partial charge on any atom is 0.189 e. The van der Waals surface area contributed by atoms with Crippen LogP contribution in [0.3, 0.4) is 0 Å². The van der Waals surface area contributed by atoms with Crippen molar-refractivity contribution in [3.8, 4) is 0 Å².